The average molecular weight is 296 g/mol. The van der Waals surface area contributed by atoms with E-state index in [2.05, 4.69) is 57.5 Å². The molecule has 1 saturated carbocycles. The summed E-state index contributed by atoms with van der Waals surface area (Å²) in [5.74, 6) is 0.516. The van der Waals surface area contributed by atoms with Crippen LogP contribution in [0.15, 0.2) is 24.9 Å². The van der Waals surface area contributed by atoms with Crippen molar-refractivity contribution in [3.05, 3.63) is 24.9 Å². The Hall–Kier alpha value is -2.37. The lowest BCUT2D eigenvalue weighted by atomic mass is 10.1. The molecule has 0 unspecified atom stereocenters. The molecule has 1 fully saturated rings. The van der Waals surface area contributed by atoms with Gasteiger partial charge in [0.25, 0.3) is 0 Å². The molecule has 0 aromatic carbocycles. The van der Waals surface area contributed by atoms with Crippen LogP contribution in [0.5, 0.6) is 0 Å². The number of nitrogen functional groups attached to an aromatic ring is 1. The molecule has 114 valence electrons. The van der Waals surface area contributed by atoms with Crippen molar-refractivity contribution in [2.24, 2.45) is 0 Å². The van der Waals surface area contributed by atoms with Gasteiger partial charge in [-0.3, -0.25) is 4.68 Å². The van der Waals surface area contributed by atoms with E-state index in [-0.39, 0.29) is 5.54 Å². The van der Waals surface area contributed by atoms with Crippen molar-refractivity contribution in [3.63, 3.8) is 0 Å². The molecule has 4 rings (SSSR count). The van der Waals surface area contributed by atoms with Crippen LogP contribution in [0.25, 0.3) is 22.2 Å². The number of aromatic nitrogens is 5. The Kier molecular flexibility index (Phi) is 2.61. The van der Waals surface area contributed by atoms with Crippen molar-refractivity contribution < 1.29 is 0 Å². The number of hydrogen-bond acceptors (Lipinski definition) is 4. The van der Waals surface area contributed by atoms with Crippen molar-refractivity contribution in [2.45, 2.75) is 45.2 Å². The first-order valence-electron chi connectivity index (χ1n) is 7.61. The van der Waals surface area contributed by atoms with E-state index in [0.29, 0.717) is 11.9 Å². The number of rotatable bonds is 2. The first-order chi connectivity index (χ1) is 10.4. The van der Waals surface area contributed by atoms with Gasteiger partial charge in [0.1, 0.15) is 17.8 Å². The zero-order chi connectivity index (χ0) is 15.5. The van der Waals surface area contributed by atoms with Crippen molar-refractivity contribution in [1.82, 2.24) is 24.3 Å². The number of anilines is 1. The number of fused-ring (bicyclic) bond motifs is 1. The van der Waals surface area contributed by atoms with Gasteiger partial charge < -0.3 is 10.3 Å². The summed E-state index contributed by atoms with van der Waals surface area (Å²) in [6.45, 7) is 6.46. The van der Waals surface area contributed by atoms with E-state index < -0.39 is 0 Å². The van der Waals surface area contributed by atoms with Crippen LogP contribution >= 0.6 is 0 Å². The van der Waals surface area contributed by atoms with Crippen LogP contribution in [0.2, 0.25) is 0 Å². The second-order valence-electron chi connectivity index (χ2n) is 6.98. The third-order valence-electron chi connectivity index (χ3n) is 4.17. The molecule has 0 bridgehead atoms. The highest BCUT2D eigenvalue weighted by Gasteiger charge is 2.26. The van der Waals surface area contributed by atoms with E-state index in [0.717, 1.165) is 22.2 Å². The lowest BCUT2D eigenvalue weighted by Crippen LogP contribution is -2.21. The molecular weight excluding hydrogens is 276 g/mol. The topological polar surface area (TPSA) is 74.5 Å². The number of hydrogen-bond donors (Lipinski definition) is 1. The molecular formula is C16H20N6. The predicted molar refractivity (Wildman–Crippen MR) is 86.4 cm³/mol. The second kappa shape index (κ2) is 4.32. The fraction of sp³-hybridized carbons (Fsp3) is 0.438. The summed E-state index contributed by atoms with van der Waals surface area (Å²) < 4.78 is 4.21. The van der Waals surface area contributed by atoms with Crippen LogP contribution in [0, 0.1) is 0 Å². The van der Waals surface area contributed by atoms with Gasteiger partial charge in [-0.1, -0.05) is 0 Å². The SMILES string of the molecule is CC(C)(C)n1cc(-c2cnn(C3CC3)c2)c2c(N)ncnc21. The molecule has 0 aliphatic heterocycles. The van der Waals surface area contributed by atoms with E-state index in [4.69, 9.17) is 5.73 Å². The highest BCUT2D eigenvalue weighted by molar-refractivity contribution is 6.00. The molecule has 3 aromatic heterocycles. The molecule has 0 atom stereocenters. The van der Waals surface area contributed by atoms with Gasteiger partial charge in [0.05, 0.1) is 17.6 Å². The van der Waals surface area contributed by atoms with Crippen molar-refractivity contribution in [1.29, 1.82) is 0 Å². The van der Waals surface area contributed by atoms with Crippen molar-refractivity contribution >= 4 is 16.9 Å². The minimum atomic E-state index is -0.0796. The van der Waals surface area contributed by atoms with Crippen LogP contribution in [-0.2, 0) is 5.54 Å². The van der Waals surface area contributed by atoms with Gasteiger partial charge in [-0.25, -0.2) is 9.97 Å². The molecule has 0 amide bonds. The minimum absolute atomic E-state index is 0.0796. The van der Waals surface area contributed by atoms with Crippen molar-refractivity contribution in [2.75, 3.05) is 5.73 Å². The van der Waals surface area contributed by atoms with Gasteiger partial charge in [0, 0.05) is 29.1 Å². The summed E-state index contributed by atoms with van der Waals surface area (Å²) in [4.78, 5) is 8.62. The monoisotopic (exact) mass is 296 g/mol. The van der Waals surface area contributed by atoms with Gasteiger partial charge in [0.15, 0.2) is 0 Å². The predicted octanol–water partition coefficient (Wildman–Crippen LogP) is 2.97. The Labute approximate surface area is 129 Å². The number of nitrogens with zero attached hydrogens (tertiary/aromatic N) is 5. The summed E-state index contributed by atoms with van der Waals surface area (Å²) in [7, 11) is 0. The maximum atomic E-state index is 6.14. The molecule has 3 aromatic rings. The van der Waals surface area contributed by atoms with Crippen LogP contribution in [0.4, 0.5) is 5.82 Å². The van der Waals surface area contributed by atoms with Gasteiger partial charge in [-0.15, -0.1) is 0 Å². The minimum Gasteiger partial charge on any atom is -0.383 e. The molecule has 22 heavy (non-hydrogen) atoms. The quantitative estimate of drug-likeness (QED) is 0.789. The molecule has 3 heterocycles. The summed E-state index contributed by atoms with van der Waals surface area (Å²) in [6, 6.07) is 0.568. The van der Waals surface area contributed by atoms with Gasteiger partial charge in [-0.2, -0.15) is 5.10 Å². The number of nitrogens with two attached hydrogens (primary N) is 1. The van der Waals surface area contributed by atoms with E-state index in [1.807, 2.05) is 6.20 Å². The molecule has 1 aliphatic carbocycles. The van der Waals surface area contributed by atoms with Crippen molar-refractivity contribution in [3.8, 4) is 11.1 Å². The Morgan fingerprint density at radius 2 is 1.95 bits per heavy atom. The summed E-state index contributed by atoms with van der Waals surface area (Å²) in [6.07, 6.45) is 10.1. The maximum Gasteiger partial charge on any atom is 0.146 e. The van der Waals surface area contributed by atoms with Crippen LogP contribution in [-0.4, -0.2) is 24.3 Å². The molecule has 1 aliphatic rings. The fourth-order valence-electron chi connectivity index (χ4n) is 2.83. The smallest absolute Gasteiger partial charge is 0.146 e. The highest BCUT2D eigenvalue weighted by Crippen LogP contribution is 2.38. The van der Waals surface area contributed by atoms with E-state index in [1.165, 1.54) is 19.2 Å². The lowest BCUT2D eigenvalue weighted by Gasteiger charge is -2.21. The van der Waals surface area contributed by atoms with E-state index in [1.54, 1.807) is 0 Å². The molecule has 6 nitrogen and oxygen atoms in total. The van der Waals surface area contributed by atoms with Gasteiger partial charge in [0.2, 0.25) is 0 Å². The zero-order valence-electron chi connectivity index (χ0n) is 13.1. The molecule has 0 saturated heterocycles. The Morgan fingerprint density at radius 1 is 1.18 bits per heavy atom. The lowest BCUT2D eigenvalue weighted by molar-refractivity contribution is 0.408. The molecule has 6 heteroatoms. The zero-order valence-corrected chi connectivity index (χ0v) is 13.1. The molecule has 0 spiro atoms. The summed E-state index contributed by atoms with van der Waals surface area (Å²) in [5, 5.41) is 5.40. The van der Waals surface area contributed by atoms with Gasteiger partial charge in [-0.05, 0) is 33.6 Å². The second-order valence-corrected chi connectivity index (χ2v) is 6.98. The third kappa shape index (κ3) is 1.98. The summed E-state index contributed by atoms with van der Waals surface area (Å²) >= 11 is 0. The van der Waals surface area contributed by atoms with Crippen LogP contribution < -0.4 is 5.73 Å². The first kappa shape index (κ1) is 13.3. The normalized spacial score (nSPS) is 15.6. The molecule has 0 radical (unpaired) electrons. The Balaban J connectivity index is 1.96. The van der Waals surface area contributed by atoms with E-state index >= 15 is 0 Å². The first-order valence-corrected chi connectivity index (χ1v) is 7.61. The Bertz CT molecular complexity index is 847. The Morgan fingerprint density at radius 3 is 2.64 bits per heavy atom. The fourth-order valence-corrected chi connectivity index (χ4v) is 2.83. The van der Waals surface area contributed by atoms with Crippen LogP contribution in [0.1, 0.15) is 39.7 Å². The maximum absolute atomic E-state index is 6.14. The average Bonchev–Trinajstić information content (AvgIpc) is 3.03. The van der Waals surface area contributed by atoms with Gasteiger partial charge >= 0.3 is 0 Å². The molecule has 2 N–H and O–H groups in total. The highest BCUT2D eigenvalue weighted by atomic mass is 15.3. The van der Waals surface area contributed by atoms with Crippen LogP contribution in [0.3, 0.4) is 0 Å². The van der Waals surface area contributed by atoms with E-state index in [9.17, 15) is 0 Å². The largest absolute Gasteiger partial charge is 0.383 e. The third-order valence-corrected chi connectivity index (χ3v) is 4.17. The summed E-state index contributed by atoms with van der Waals surface area (Å²) in [5.41, 5.74) is 9.05. The standard InChI is InChI=1S/C16H20N6/c1-16(2,3)21-8-12(13-14(17)18-9-19-15(13)21)10-6-20-22(7-10)11-4-5-11/h6-9,11H,4-5H2,1-3H3,(H2,17,18,19).